The summed E-state index contributed by atoms with van der Waals surface area (Å²) in [6.45, 7) is 3.47. The van der Waals surface area contributed by atoms with E-state index in [2.05, 4.69) is 24.6 Å². The molecule has 0 amide bonds. The van der Waals surface area contributed by atoms with Crippen LogP contribution in [0.5, 0.6) is 0 Å². The molecular formula is C14H19N3O. The van der Waals surface area contributed by atoms with E-state index in [1.54, 1.807) is 0 Å². The topological polar surface area (TPSA) is 53.1 Å². The monoisotopic (exact) mass is 245 g/mol. The molecule has 4 nitrogen and oxygen atoms in total. The smallest absolute Gasteiger partial charge is 0.141 e. The number of benzene rings is 1. The van der Waals surface area contributed by atoms with Crippen LogP contribution < -0.4 is 5.73 Å². The van der Waals surface area contributed by atoms with Crippen molar-refractivity contribution < 1.29 is 4.74 Å². The van der Waals surface area contributed by atoms with Crippen molar-refractivity contribution in [3.63, 3.8) is 0 Å². The Morgan fingerprint density at radius 2 is 2.33 bits per heavy atom. The number of rotatable bonds is 2. The molecule has 1 aromatic heterocycles. The Morgan fingerprint density at radius 3 is 3.00 bits per heavy atom. The number of nitrogens with zero attached hydrogens (tertiary/aromatic N) is 2. The first-order valence-corrected chi connectivity index (χ1v) is 6.44. The normalized spacial score (nSPS) is 23.9. The van der Waals surface area contributed by atoms with Gasteiger partial charge in [0, 0.05) is 20.2 Å². The lowest BCUT2D eigenvalue weighted by atomic mass is 10.0. The number of nitrogens with two attached hydrogens (primary N) is 1. The van der Waals surface area contributed by atoms with Crippen LogP contribution in [0.25, 0.3) is 11.0 Å². The predicted molar refractivity (Wildman–Crippen MR) is 71.1 cm³/mol. The molecule has 0 radical (unpaired) electrons. The van der Waals surface area contributed by atoms with Crippen molar-refractivity contribution in [1.82, 2.24) is 9.55 Å². The summed E-state index contributed by atoms with van der Waals surface area (Å²) in [5.74, 6) is 1.01. The van der Waals surface area contributed by atoms with Gasteiger partial charge in [-0.05, 0) is 31.4 Å². The van der Waals surface area contributed by atoms with Crippen LogP contribution in [0.1, 0.15) is 31.2 Å². The molecule has 0 spiro atoms. The van der Waals surface area contributed by atoms with Crippen LogP contribution in [0.4, 0.5) is 0 Å². The predicted octanol–water partition coefficient (Wildman–Crippen LogP) is 2.06. The molecule has 1 saturated heterocycles. The van der Waals surface area contributed by atoms with Gasteiger partial charge in [-0.2, -0.15) is 0 Å². The summed E-state index contributed by atoms with van der Waals surface area (Å²) in [5.41, 5.74) is 8.76. The van der Waals surface area contributed by atoms with Crippen molar-refractivity contribution in [2.75, 3.05) is 6.61 Å². The standard InChI is InChI=1S/C14H19N3O/c1-14(7-4-8-18-14)13-16-12-10(9-15)5-3-6-11(12)17(13)2/h3,5-6H,4,7-9,15H2,1-2H3. The molecule has 4 heteroatoms. The van der Waals surface area contributed by atoms with Crippen LogP contribution in [0.15, 0.2) is 18.2 Å². The number of hydrogen-bond acceptors (Lipinski definition) is 3. The average molecular weight is 245 g/mol. The Morgan fingerprint density at radius 1 is 1.50 bits per heavy atom. The third-order valence-corrected chi connectivity index (χ3v) is 3.91. The van der Waals surface area contributed by atoms with Crippen molar-refractivity contribution in [3.8, 4) is 0 Å². The molecule has 1 atom stereocenters. The molecule has 96 valence electrons. The van der Waals surface area contributed by atoms with Gasteiger partial charge in [0.2, 0.25) is 0 Å². The van der Waals surface area contributed by atoms with E-state index in [0.29, 0.717) is 6.54 Å². The maximum absolute atomic E-state index is 5.90. The second-order valence-corrected chi connectivity index (χ2v) is 5.17. The highest BCUT2D eigenvalue weighted by Gasteiger charge is 2.36. The number of aromatic nitrogens is 2. The third kappa shape index (κ3) is 1.56. The lowest BCUT2D eigenvalue weighted by Gasteiger charge is -2.22. The molecule has 18 heavy (non-hydrogen) atoms. The SMILES string of the molecule is Cn1c(C2(C)CCCO2)nc2c(CN)cccc21. The zero-order valence-corrected chi connectivity index (χ0v) is 10.9. The minimum atomic E-state index is -0.250. The Hall–Kier alpha value is -1.39. The van der Waals surface area contributed by atoms with E-state index in [-0.39, 0.29) is 5.60 Å². The number of aryl methyl sites for hydroxylation is 1. The fourth-order valence-corrected chi connectivity index (χ4v) is 2.87. The van der Waals surface area contributed by atoms with E-state index in [1.807, 2.05) is 12.1 Å². The van der Waals surface area contributed by atoms with Gasteiger partial charge < -0.3 is 15.0 Å². The van der Waals surface area contributed by atoms with E-state index in [4.69, 9.17) is 15.5 Å². The zero-order valence-electron chi connectivity index (χ0n) is 10.9. The van der Waals surface area contributed by atoms with E-state index in [0.717, 1.165) is 41.9 Å². The highest BCUT2D eigenvalue weighted by atomic mass is 16.5. The maximum Gasteiger partial charge on any atom is 0.141 e. The maximum atomic E-state index is 5.90. The third-order valence-electron chi connectivity index (χ3n) is 3.91. The molecule has 2 heterocycles. The first kappa shape index (κ1) is 11.7. The molecule has 3 rings (SSSR count). The lowest BCUT2D eigenvalue weighted by molar-refractivity contribution is 0.00761. The fourth-order valence-electron chi connectivity index (χ4n) is 2.87. The van der Waals surface area contributed by atoms with Gasteiger partial charge in [-0.25, -0.2) is 4.98 Å². The molecule has 2 N–H and O–H groups in total. The van der Waals surface area contributed by atoms with Gasteiger partial charge in [-0.3, -0.25) is 0 Å². The number of para-hydroxylation sites is 1. The van der Waals surface area contributed by atoms with Crippen molar-refractivity contribution in [2.45, 2.75) is 31.9 Å². The minimum Gasteiger partial charge on any atom is -0.367 e. The van der Waals surface area contributed by atoms with Gasteiger partial charge in [-0.1, -0.05) is 12.1 Å². The molecule has 0 bridgehead atoms. The number of hydrogen-bond donors (Lipinski definition) is 1. The molecule has 2 aromatic rings. The largest absolute Gasteiger partial charge is 0.367 e. The molecule has 1 aromatic carbocycles. The summed E-state index contributed by atoms with van der Waals surface area (Å²) in [7, 11) is 2.05. The van der Waals surface area contributed by atoms with Crippen LogP contribution >= 0.6 is 0 Å². The quantitative estimate of drug-likeness (QED) is 0.881. The molecule has 1 unspecified atom stereocenters. The van der Waals surface area contributed by atoms with Gasteiger partial charge in [0.15, 0.2) is 0 Å². The van der Waals surface area contributed by atoms with Gasteiger partial charge in [0.25, 0.3) is 0 Å². The Labute approximate surface area is 107 Å². The highest BCUT2D eigenvalue weighted by molar-refractivity contribution is 5.79. The number of imidazole rings is 1. The minimum absolute atomic E-state index is 0.250. The molecule has 1 aliphatic heterocycles. The van der Waals surface area contributed by atoms with Crippen LogP contribution in [-0.4, -0.2) is 16.2 Å². The Bertz CT molecular complexity index is 582. The van der Waals surface area contributed by atoms with Gasteiger partial charge in [-0.15, -0.1) is 0 Å². The summed E-state index contributed by atoms with van der Waals surface area (Å²) in [6, 6.07) is 6.16. The van der Waals surface area contributed by atoms with Crippen LogP contribution in [0.3, 0.4) is 0 Å². The summed E-state index contributed by atoms with van der Waals surface area (Å²) in [4.78, 5) is 4.79. The van der Waals surface area contributed by atoms with Crippen molar-refractivity contribution in [3.05, 3.63) is 29.6 Å². The Kier molecular flexibility index (Phi) is 2.64. The van der Waals surface area contributed by atoms with E-state index in [9.17, 15) is 0 Å². The lowest BCUT2D eigenvalue weighted by Crippen LogP contribution is -2.24. The molecule has 0 saturated carbocycles. The number of fused-ring (bicyclic) bond motifs is 1. The molecular weight excluding hydrogens is 226 g/mol. The van der Waals surface area contributed by atoms with Gasteiger partial charge in [0.05, 0.1) is 11.0 Å². The van der Waals surface area contributed by atoms with E-state index < -0.39 is 0 Å². The van der Waals surface area contributed by atoms with Gasteiger partial charge in [0.1, 0.15) is 11.4 Å². The highest BCUT2D eigenvalue weighted by Crippen LogP contribution is 2.36. The summed E-state index contributed by atoms with van der Waals surface area (Å²) < 4.78 is 8.03. The summed E-state index contributed by atoms with van der Waals surface area (Å²) in [6.07, 6.45) is 2.13. The second-order valence-electron chi connectivity index (χ2n) is 5.17. The summed E-state index contributed by atoms with van der Waals surface area (Å²) >= 11 is 0. The van der Waals surface area contributed by atoms with E-state index >= 15 is 0 Å². The zero-order chi connectivity index (χ0) is 12.8. The molecule has 1 aliphatic rings. The second kappa shape index (κ2) is 4.07. The van der Waals surface area contributed by atoms with Crippen LogP contribution in [0.2, 0.25) is 0 Å². The van der Waals surface area contributed by atoms with Crippen LogP contribution in [-0.2, 0) is 23.9 Å². The molecule has 1 fully saturated rings. The first-order valence-electron chi connectivity index (χ1n) is 6.44. The number of ether oxygens (including phenoxy) is 1. The summed E-state index contributed by atoms with van der Waals surface area (Å²) in [5, 5.41) is 0. The van der Waals surface area contributed by atoms with E-state index in [1.165, 1.54) is 0 Å². The average Bonchev–Trinajstić information content (AvgIpc) is 2.95. The van der Waals surface area contributed by atoms with Crippen molar-refractivity contribution in [2.24, 2.45) is 12.8 Å². The van der Waals surface area contributed by atoms with Crippen molar-refractivity contribution >= 4 is 11.0 Å². The Balaban J connectivity index is 2.22. The fraction of sp³-hybridized carbons (Fsp3) is 0.500. The van der Waals surface area contributed by atoms with Gasteiger partial charge >= 0.3 is 0 Å². The van der Waals surface area contributed by atoms with Crippen molar-refractivity contribution in [1.29, 1.82) is 0 Å². The first-order chi connectivity index (χ1) is 8.65. The molecule has 0 aliphatic carbocycles. The van der Waals surface area contributed by atoms with Crippen LogP contribution in [0, 0.1) is 0 Å².